The van der Waals surface area contributed by atoms with Gasteiger partial charge in [0.2, 0.25) is 5.91 Å². The van der Waals surface area contributed by atoms with E-state index in [-0.39, 0.29) is 11.9 Å². The molecule has 1 aliphatic heterocycles. The summed E-state index contributed by atoms with van der Waals surface area (Å²) < 4.78 is 0. The number of rotatable bonds is 2. The molecule has 1 aliphatic rings. The number of likely N-dealkylation sites (N-methyl/N-ethyl adjacent to an activating group) is 1. The minimum absolute atomic E-state index is 0.0364. The van der Waals surface area contributed by atoms with Crippen LogP contribution in [0.4, 0.5) is 5.69 Å². The lowest BCUT2D eigenvalue weighted by atomic mass is 10.1. The van der Waals surface area contributed by atoms with E-state index in [4.69, 9.17) is 17.3 Å². The maximum Gasteiger partial charge on any atom is 0.241 e. The smallest absolute Gasteiger partial charge is 0.241 e. The predicted molar refractivity (Wildman–Crippen MR) is 73.9 cm³/mol. The molecule has 0 aromatic heterocycles. The van der Waals surface area contributed by atoms with Gasteiger partial charge in [-0.05, 0) is 24.6 Å². The van der Waals surface area contributed by atoms with E-state index in [0.29, 0.717) is 11.6 Å². The van der Waals surface area contributed by atoms with Gasteiger partial charge in [0.25, 0.3) is 0 Å². The van der Waals surface area contributed by atoms with Crippen molar-refractivity contribution in [1.29, 1.82) is 0 Å². The van der Waals surface area contributed by atoms with Gasteiger partial charge in [-0.3, -0.25) is 4.79 Å². The van der Waals surface area contributed by atoms with E-state index in [1.54, 1.807) is 4.90 Å². The molecule has 1 saturated heterocycles. The summed E-state index contributed by atoms with van der Waals surface area (Å²) >= 11 is 6.27. The lowest BCUT2D eigenvalue weighted by Gasteiger charge is -2.34. The number of carbonyl (C=O) groups is 1. The maximum absolute atomic E-state index is 11.7. The number of benzene rings is 1. The van der Waals surface area contributed by atoms with E-state index >= 15 is 0 Å². The molecule has 0 bridgehead atoms. The van der Waals surface area contributed by atoms with Crippen molar-refractivity contribution in [1.82, 2.24) is 4.90 Å². The molecule has 5 heteroatoms. The van der Waals surface area contributed by atoms with Gasteiger partial charge in [-0.25, -0.2) is 0 Å². The lowest BCUT2D eigenvalue weighted by molar-refractivity contribution is -0.129. The first kappa shape index (κ1) is 13.2. The molecule has 0 radical (unpaired) electrons. The van der Waals surface area contributed by atoms with Crippen LogP contribution in [0.15, 0.2) is 18.2 Å². The largest absolute Gasteiger partial charge is 0.359 e. The second kappa shape index (κ2) is 5.16. The number of halogens is 1. The Morgan fingerprint density at radius 2 is 2.11 bits per heavy atom. The number of nitrogens with zero attached hydrogens (tertiary/aromatic N) is 2. The van der Waals surface area contributed by atoms with Gasteiger partial charge in [0.05, 0.1) is 17.3 Å². The number of piperazine rings is 1. The van der Waals surface area contributed by atoms with Crippen molar-refractivity contribution < 1.29 is 4.79 Å². The Bertz CT molecular complexity index is 462. The van der Waals surface area contributed by atoms with Crippen molar-refractivity contribution >= 4 is 23.2 Å². The van der Waals surface area contributed by atoms with E-state index in [1.165, 1.54) is 0 Å². The summed E-state index contributed by atoms with van der Waals surface area (Å²) in [5, 5.41) is 0.655. The van der Waals surface area contributed by atoms with E-state index in [9.17, 15) is 4.79 Å². The molecular formula is C13H18ClN3O. The van der Waals surface area contributed by atoms with E-state index in [2.05, 4.69) is 0 Å². The Hall–Kier alpha value is -1.26. The van der Waals surface area contributed by atoms with Gasteiger partial charge in [-0.2, -0.15) is 0 Å². The van der Waals surface area contributed by atoms with Crippen LogP contribution in [0.2, 0.25) is 5.02 Å². The van der Waals surface area contributed by atoms with Crippen LogP contribution < -0.4 is 10.6 Å². The number of carbonyl (C=O) groups excluding carboxylic acids is 1. The second-order valence-corrected chi connectivity index (χ2v) is 5.14. The molecule has 98 valence electrons. The van der Waals surface area contributed by atoms with Crippen LogP contribution in [0, 0.1) is 0 Å². The normalized spacial score (nSPS) is 18.1. The van der Waals surface area contributed by atoms with Crippen molar-refractivity contribution in [2.24, 2.45) is 5.73 Å². The lowest BCUT2D eigenvalue weighted by Crippen LogP contribution is -2.48. The standard InChI is InChI=1S/C13H18ClN3O/c1-9(15)10-3-4-12(11(14)7-10)17-6-5-16(2)13(18)8-17/h3-4,7,9H,5-6,8,15H2,1-2H3. The monoisotopic (exact) mass is 267 g/mol. The highest BCUT2D eigenvalue weighted by Crippen LogP contribution is 2.29. The molecule has 4 nitrogen and oxygen atoms in total. The molecule has 1 aromatic rings. The number of amides is 1. The molecule has 0 aliphatic carbocycles. The fraction of sp³-hybridized carbons (Fsp3) is 0.462. The predicted octanol–water partition coefficient (Wildman–Crippen LogP) is 1.64. The first-order valence-corrected chi connectivity index (χ1v) is 6.41. The Morgan fingerprint density at radius 3 is 2.67 bits per heavy atom. The second-order valence-electron chi connectivity index (χ2n) is 4.74. The third-order valence-electron chi connectivity index (χ3n) is 3.30. The molecule has 1 atom stereocenters. The van der Waals surface area contributed by atoms with Crippen molar-refractivity contribution in [3.05, 3.63) is 28.8 Å². The Balaban J connectivity index is 2.21. The molecule has 1 amide bonds. The molecule has 0 spiro atoms. The zero-order chi connectivity index (χ0) is 13.3. The van der Waals surface area contributed by atoms with Crippen LogP contribution >= 0.6 is 11.6 Å². The summed E-state index contributed by atoms with van der Waals surface area (Å²) in [6, 6.07) is 5.75. The molecule has 1 fully saturated rings. The summed E-state index contributed by atoms with van der Waals surface area (Å²) in [4.78, 5) is 15.4. The summed E-state index contributed by atoms with van der Waals surface area (Å²) in [6.45, 7) is 3.84. The molecule has 18 heavy (non-hydrogen) atoms. The van der Waals surface area contributed by atoms with Crippen molar-refractivity contribution in [3.8, 4) is 0 Å². The quantitative estimate of drug-likeness (QED) is 0.886. The van der Waals surface area contributed by atoms with Crippen LogP contribution in [0.5, 0.6) is 0 Å². The minimum atomic E-state index is -0.0364. The molecule has 2 rings (SSSR count). The SMILES string of the molecule is CC(N)c1ccc(N2CCN(C)C(=O)C2)c(Cl)c1. The topological polar surface area (TPSA) is 49.6 Å². The number of hydrogen-bond acceptors (Lipinski definition) is 3. The maximum atomic E-state index is 11.7. The van der Waals surface area contributed by atoms with E-state index < -0.39 is 0 Å². The van der Waals surface area contributed by atoms with E-state index in [0.717, 1.165) is 24.3 Å². The van der Waals surface area contributed by atoms with Gasteiger partial charge in [-0.15, -0.1) is 0 Å². The molecular weight excluding hydrogens is 250 g/mol. The van der Waals surface area contributed by atoms with Gasteiger partial charge in [0, 0.05) is 26.2 Å². The Morgan fingerprint density at radius 1 is 1.39 bits per heavy atom. The zero-order valence-electron chi connectivity index (χ0n) is 10.7. The number of nitrogens with two attached hydrogens (primary N) is 1. The third kappa shape index (κ3) is 2.60. The highest BCUT2D eigenvalue weighted by molar-refractivity contribution is 6.33. The number of anilines is 1. The van der Waals surface area contributed by atoms with Crippen LogP contribution in [0.3, 0.4) is 0 Å². The molecule has 1 aromatic carbocycles. The summed E-state index contributed by atoms with van der Waals surface area (Å²) in [6.07, 6.45) is 0. The van der Waals surface area contributed by atoms with Crippen LogP contribution in [0.25, 0.3) is 0 Å². The van der Waals surface area contributed by atoms with E-state index in [1.807, 2.05) is 37.1 Å². The fourth-order valence-electron chi connectivity index (χ4n) is 2.03. The van der Waals surface area contributed by atoms with Crippen molar-refractivity contribution in [2.75, 3.05) is 31.6 Å². The molecule has 1 heterocycles. The minimum Gasteiger partial charge on any atom is -0.359 e. The van der Waals surface area contributed by atoms with Gasteiger partial charge >= 0.3 is 0 Å². The highest BCUT2D eigenvalue weighted by Gasteiger charge is 2.22. The summed E-state index contributed by atoms with van der Waals surface area (Å²) in [5.41, 5.74) is 7.73. The Labute approximate surface area is 112 Å². The van der Waals surface area contributed by atoms with Gasteiger partial charge in [-0.1, -0.05) is 17.7 Å². The summed E-state index contributed by atoms with van der Waals surface area (Å²) in [5.74, 6) is 0.119. The summed E-state index contributed by atoms with van der Waals surface area (Å²) in [7, 11) is 1.82. The first-order chi connectivity index (χ1) is 8.49. The highest BCUT2D eigenvalue weighted by atomic mass is 35.5. The average molecular weight is 268 g/mol. The number of hydrogen-bond donors (Lipinski definition) is 1. The fourth-order valence-corrected chi connectivity index (χ4v) is 2.34. The van der Waals surface area contributed by atoms with Crippen molar-refractivity contribution in [3.63, 3.8) is 0 Å². The zero-order valence-corrected chi connectivity index (χ0v) is 11.4. The third-order valence-corrected chi connectivity index (χ3v) is 3.60. The molecule has 1 unspecified atom stereocenters. The molecule has 0 saturated carbocycles. The van der Waals surface area contributed by atoms with Crippen LogP contribution in [-0.2, 0) is 4.79 Å². The van der Waals surface area contributed by atoms with Gasteiger partial charge < -0.3 is 15.5 Å². The first-order valence-electron chi connectivity index (χ1n) is 6.03. The average Bonchev–Trinajstić information content (AvgIpc) is 2.32. The van der Waals surface area contributed by atoms with Gasteiger partial charge in [0.15, 0.2) is 0 Å². The molecule has 2 N–H and O–H groups in total. The van der Waals surface area contributed by atoms with Gasteiger partial charge in [0.1, 0.15) is 0 Å². The van der Waals surface area contributed by atoms with Crippen LogP contribution in [-0.4, -0.2) is 37.5 Å². The Kier molecular flexibility index (Phi) is 3.78. The van der Waals surface area contributed by atoms with Crippen molar-refractivity contribution in [2.45, 2.75) is 13.0 Å². The van der Waals surface area contributed by atoms with Crippen LogP contribution in [0.1, 0.15) is 18.5 Å².